The van der Waals surface area contributed by atoms with Gasteiger partial charge in [-0.15, -0.1) is 0 Å². The first-order chi connectivity index (χ1) is 23.0. The highest BCUT2D eigenvalue weighted by Crippen LogP contribution is 2.42. The Hall–Kier alpha value is -1.70. The third kappa shape index (κ3) is 11.1. The molecule has 0 aromatic rings. The zero-order chi connectivity index (χ0) is 36.6. The van der Waals surface area contributed by atoms with Crippen LogP contribution in [0.3, 0.4) is 0 Å². The highest BCUT2D eigenvalue weighted by molar-refractivity contribution is 5.70. The minimum atomic E-state index is -1.14. The molecule has 0 bridgehead atoms. The van der Waals surface area contributed by atoms with E-state index in [2.05, 4.69) is 27.7 Å². The monoisotopic (exact) mass is 695 g/mol. The summed E-state index contributed by atoms with van der Waals surface area (Å²) in [6, 6.07) is -0.514. The molecule has 0 aromatic carbocycles. The molecule has 3 unspecified atom stereocenters. The Balaban J connectivity index is 1.94. The van der Waals surface area contributed by atoms with Crippen molar-refractivity contribution in [2.24, 2.45) is 29.1 Å². The number of carbonyl (C=O) groups excluding carboxylic acids is 2. The Morgan fingerprint density at radius 2 is 1.65 bits per heavy atom. The van der Waals surface area contributed by atoms with E-state index in [4.69, 9.17) is 28.4 Å². The van der Waals surface area contributed by atoms with Crippen molar-refractivity contribution in [1.82, 2.24) is 4.90 Å². The van der Waals surface area contributed by atoms with E-state index in [0.29, 0.717) is 25.2 Å². The Kier molecular flexibility index (Phi) is 15.9. The summed E-state index contributed by atoms with van der Waals surface area (Å²) in [5.74, 6) is -1.05. The van der Waals surface area contributed by atoms with Gasteiger partial charge < -0.3 is 48.3 Å². The Morgan fingerprint density at radius 1 is 0.959 bits per heavy atom. The fraction of sp³-hybridized carbons (Fsp3) is 0.842. The van der Waals surface area contributed by atoms with E-state index in [9.17, 15) is 19.8 Å². The number of aldehydes is 1. The van der Waals surface area contributed by atoms with Crippen LogP contribution in [0.5, 0.6) is 0 Å². The van der Waals surface area contributed by atoms with Crippen molar-refractivity contribution in [2.75, 3.05) is 21.2 Å². The van der Waals surface area contributed by atoms with Crippen molar-refractivity contribution in [2.45, 2.75) is 155 Å². The van der Waals surface area contributed by atoms with Crippen LogP contribution in [0.25, 0.3) is 0 Å². The van der Waals surface area contributed by atoms with Crippen LogP contribution in [0.4, 0.5) is 0 Å². The number of hydrogen-bond acceptors (Lipinski definition) is 11. The lowest BCUT2D eigenvalue weighted by Crippen LogP contribution is -2.65. The quantitative estimate of drug-likeness (QED) is 0.271. The number of aliphatic hydroxyl groups excluding tert-OH is 2. The number of esters is 1. The van der Waals surface area contributed by atoms with Gasteiger partial charge in [-0.05, 0) is 70.4 Å². The number of aliphatic hydroxyl groups is 2. The number of ether oxygens (including phenoxy) is 6. The molecule has 0 aromatic heterocycles. The fourth-order valence-corrected chi connectivity index (χ4v) is 7.64. The van der Waals surface area contributed by atoms with Crippen LogP contribution in [-0.2, 0) is 38.0 Å². The molecule has 11 heteroatoms. The smallest absolute Gasteiger partial charge is 0.306 e. The summed E-state index contributed by atoms with van der Waals surface area (Å²) in [6.07, 6.45) is 3.61. The predicted octanol–water partition coefficient (Wildman–Crippen LogP) is 4.67. The van der Waals surface area contributed by atoms with Gasteiger partial charge in [0.1, 0.15) is 24.6 Å². The van der Waals surface area contributed by atoms with Gasteiger partial charge in [0.05, 0.1) is 43.0 Å². The van der Waals surface area contributed by atoms with Gasteiger partial charge in [0.2, 0.25) is 0 Å². The van der Waals surface area contributed by atoms with Gasteiger partial charge in [-0.3, -0.25) is 4.79 Å². The maximum absolute atomic E-state index is 13.0. The lowest BCUT2D eigenvalue weighted by atomic mass is 9.73. The molecule has 2 fully saturated rings. The second-order valence-electron chi connectivity index (χ2n) is 15.7. The van der Waals surface area contributed by atoms with Gasteiger partial charge in [0.15, 0.2) is 12.6 Å². The largest absolute Gasteiger partial charge is 0.462 e. The number of methoxy groups -OCH3 is 1. The molecule has 2 saturated heterocycles. The van der Waals surface area contributed by atoms with E-state index in [0.717, 1.165) is 6.29 Å². The Labute approximate surface area is 294 Å². The van der Waals surface area contributed by atoms with Crippen molar-refractivity contribution >= 4 is 12.3 Å². The molecule has 3 rings (SSSR count). The Morgan fingerprint density at radius 3 is 2.27 bits per heavy atom. The summed E-state index contributed by atoms with van der Waals surface area (Å²) in [4.78, 5) is 27.1. The maximum Gasteiger partial charge on any atom is 0.306 e. The molecule has 3 aliphatic rings. The third-order valence-corrected chi connectivity index (χ3v) is 11.1. The SMILES string of the molecule is CO[C@@H]1[C@@H](O[C@@H]2O[C@H](C)[C@@H](O[C@H]3CC(C)(C)[C@@H](C)C(C)O3)C(N(C)C)C2O)[C@@H](CC=O)C[C@@H](C)[C@@H](O)/C=C/C=C/C[C@@H](C)OC(=O)C[C@@H]1C. The van der Waals surface area contributed by atoms with Crippen LogP contribution >= 0.6 is 0 Å². The minimum absolute atomic E-state index is 0.00425. The molecule has 0 aliphatic carbocycles. The predicted molar refractivity (Wildman–Crippen MR) is 186 cm³/mol. The fourth-order valence-electron chi connectivity index (χ4n) is 7.64. The van der Waals surface area contributed by atoms with Crippen molar-refractivity contribution < 1.29 is 48.2 Å². The molecule has 3 heterocycles. The molecule has 0 amide bonds. The summed E-state index contributed by atoms with van der Waals surface area (Å²) in [7, 11) is 5.32. The molecule has 0 saturated carbocycles. The maximum atomic E-state index is 13.0. The summed E-state index contributed by atoms with van der Waals surface area (Å²) in [6.45, 7) is 16.3. The second kappa shape index (κ2) is 18.7. The first-order valence-corrected chi connectivity index (χ1v) is 18.1. The van der Waals surface area contributed by atoms with Crippen molar-refractivity contribution in [3.05, 3.63) is 24.3 Å². The number of likely N-dealkylation sites (N-methyl/N-ethyl adjacent to an activating group) is 1. The summed E-state index contributed by atoms with van der Waals surface area (Å²) < 4.78 is 37.8. The second-order valence-corrected chi connectivity index (χ2v) is 15.7. The van der Waals surface area contributed by atoms with Crippen molar-refractivity contribution in [3.63, 3.8) is 0 Å². The van der Waals surface area contributed by atoms with E-state index in [1.807, 2.05) is 58.8 Å². The highest BCUT2D eigenvalue weighted by atomic mass is 16.7. The molecule has 282 valence electrons. The topological polar surface area (TPSA) is 133 Å². The van der Waals surface area contributed by atoms with Crippen LogP contribution in [0.15, 0.2) is 24.3 Å². The van der Waals surface area contributed by atoms with Crippen LogP contribution in [0.2, 0.25) is 0 Å². The lowest BCUT2D eigenvalue weighted by molar-refractivity contribution is -0.337. The summed E-state index contributed by atoms with van der Waals surface area (Å²) in [5.41, 5.74) is 0.00425. The van der Waals surface area contributed by atoms with Crippen LogP contribution in [-0.4, -0.2) is 116 Å². The Bertz CT molecular complexity index is 1100. The molecular formula is C38H65NO10. The van der Waals surface area contributed by atoms with Gasteiger partial charge >= 0.3 is 5.97 Å². The van der Waals surface area contributed by atoms with E-state index < -0.39 is 61.2 Å². The number of rotatable bonds is 8. The first kappa shape index (κ1) is 41.7. The molecule has 15 atom stereocenters. The van der Waals surface area contributed by atoms with Gasteiger partial charge in [-0.25, -0.2) is 0 Å². The molecule has 11 nitrogen and oxygen atoms in total. The summed E-state index contributed by atoms with van der Waals surface area (Å²) >= 11 is 0. The van der Waals surface area contributed by atoms with E-state index in [1.54, 1.807) is 19.3 Å². The van der Waals surface area contributed by atoms with E-state index >= 15 is 0 Å². The van der Waals surface area contributed by atoms with Crippen molar-refractivity contribution in [3.8, 4) is 0 Å². The molecule has 0 spiro atoms. The van der Waals surface area contributed by atoms with E-state index in [-0.39, 0.29) is 48.3 Å². The molecular weight excluding hydrogens is 630 g/mol. The molecule has 49 heavy (non-hydrogen) atoms. The number of hydrogen-bond donors (Lipinski definition) is 2. The lowest BCUT2D eigenvalue weighted by Gasteiger charge is -2.50. The molecule has 0 radical (unpaired) electrons. The van der Waals surface area contributed by atoms with Gasteiger partial charge in [0, 0.05) is 26.4 Å². The van der Waals surface area contributed by atoms with Crippen molar-refractivity contribution in [1.29, 1.82) is 0 Å². The molecule has 3 aliphatic heterocycles. The zero-order valence-electron chi connectivity index (χ0n) is 31.7. The average molecular weight is 696 g/mol. The number of nitrogens with zero attached hydrogens (tertiary/aromatic N) is 1. The normalized spacial score (nSPS) is 44.2. The average Bonchev–Trinajstić information content (AvgIpc) is 3.00. The van der Waals surface area contributed by atoms with Gasteiger partial charge in [0.25, 0.3) is 0 Å². The number of allylic oxidation sites excluding steroid dienone is 2. The zero-order valence-corrected chi connectivity index (χ0v) is 31.7. The number of carbonyl (C=O) groups is 2. The van der Waals surface area contributed by atoms with Gasteiger partial charge in [-0.1, -0.05) is 58.9 Å². The van der Waals surface area contributed by atoms with Crippen LogP contribution in [0, 0.1) is 29.1 Å². The van der Waals surface area contributed by atoms with Crippen LogP contribution < -0.4 is 0 Å². The third-order valence-electron chi connectivity index (χ3n) is 11.1. The highest BCUT2D eigenvalue weighted by Gasteiger charge is 2.50. The molecule has 2 N–H and O–H groups in total. The minimum Gasteiger partial charge on any atom is -0.462 e. The van der Waals surface area contributed by atoms with Gasteiger partial charge in [-0.2, -0.15) is 0 Å². The first-order valence-electron chi connectivity index (χ1n) is 18.1. The number of cyclic esters (lactones) is 1. The van der Waals surface area contributed by atoms with E-state index in [1.165, 1.54) is 0 Å². The van der Waals surface area contributed by atoms with Crippen LogP contribution in [0.1, 0.15) is 87.5 Å². The summed E-state index contributed by atoms with van der Waals surface area (Å²) in [5, 5.41) is 22.9. The standard InChI is InChI=1S/C38H65NO10/c1-22-19-28(17-18-40)36(34(44-11)23(2)20-30(42)45-24(3)15-13-12-14-16-29(22)41)49-37-33(43)32(39(9)10)35(27(6)47-37)48-31-21-38(7,8)25(4)26(5)46-31/h12-14,16,18,22-29,31-37,41,43H,15,17,19-21H2,1-11H3/b13-12+,16-14+/t22-,23+,24-,25+,26?,27-,28+,29+,31+,32?,33?,34+,35-,36+,37+/m1/s1.